The van der Waals surface area contributed by atoms with Gasteiger partial charge in [-0.3, -0.25) is 4.79 Å². The molecule has 4 heteroatoms. The standard InChI is InChI=1S/C20H24ClNO2/c21-18-8-6-15(7-9-18)17-12-20(24-13-17)10-3-11-22(14-20)19(23)16-4-1-2-5-16/h6-9,13,16H,1-5,10-12,14H2. The Bertz CT molecular complexity index is 648. The molecule has 1 spiro atoms. The van der Waals surface area contributed by atoms with Crippen LogP contribution in [0.15, 0.2) is 30.5 Å². The molecular weight excluding hydrogens is 322 g/mol. The zero-order valence-corrected chi connectivity index (χ0v) is 14.7. The number of carbonyl (C=O) groups excluding carboxylic acids is 1. The van der Waals surface area contributed by atoms with Crippen LogP contribution in [0, 0.1) is 5.92 Å². The highest BCUT2D eigenvalue weighted by atomic mass is 35.5. The topological polar surface area (TPSA) is 29.5 Å². The molecule has 2 heterocycles. The van der Waals surface area contributed by atoms with Gasteiger partial charge in [-0.2, -0.15) is 0 Å². The first-order chi connectivity index (χ1) is 11.7. The minimum absolute atomic E-state index is 0.221. The van der Waals surface area contributed by atoms with Crippen molar-refractivity contribution < 1.29 is 9.53 Å². The SMILES string of the molecule is O=C(C1CCCC1)N1CCCC2(CC(c3ccc(Cl)cc3)=CO2)C1. The van der Waals surface area contributed by atoms with Gasteiger partial charge in [0.15, 0.2) is 0 Å². The maximum absolute atomic E-state index is 12.8. The van der Waals surface area contributed by atoms with Crippen LogP contribution in [0.4, 0.5) is 0 Å². The minimum atomic E-state index is -0.221. The number of amides is 1. The Labute approximate surface area is 148 Å². The van der Waals surface area contributed by atoms with E-state index in [9.17, 15) is 4.79 Å². The van der Waals surface area contributed by atoms with Crippen molar-refractivity contribution in [3.63, 3.8) is 0 Å². The van der Waals surface area contributed by atoms with Gasteiger partial charge in [-0.1, -0.05) is 36.6 Å². The summed E-state index contributed by atoms with van der Waals surface area (Å²) in [4.78, 5) is 14.8. The van der Waals surface area contributed by atoms with E-state index in [2.05, 4.69) is 4.90 Å². The van der Waals surface area contributed by atoms with Crippen LogP contribution in [0.3, 0.4) is 0 Å². The lowest BCUT2D eigenvalue weighted by Crippen LogP contribution is -2.51. The van der Waals surface area contributed by atoms with Gasteiger partial charge in [0.05, 0.1) is 12.8 Å². The van der Waals surface area contributed by atoms with Crippen molar-refractivity contribution in [2.75, 3.05) is 13.1 Å². The van der Waals surface area contributed by atoms with Gasteiger partial charge in [-0.05, 0) is 49.0 Å². The Kier molecular flexibility index (Phi) is 4.29. The number of nitrogens with zero attached hydrogens (tertiary/aromatic N) is 1. The highest BCUT2D eigenvalue weighted by molar-refractivity contribution is 6.30. The fourth-order valence-electron chi connectivity index (χ4n) is 4.42. The molecule has 1 aromatic carbocycles. The van der Waals surface area contributed by atoms with Crippen LogP contribution >= 0.6 is 11.6 Å². The van der Waals surface area contributed by atoms with E-state index in [-0.39, 0.29) is 11.5 Å². The van der Waals surface area contributed by atoms with Crippen molar-refractivity contribution in [2.45, 2.75) is 50.5 Å². The summed E-state index contributed by atoms with van der Waals surface area (Å²) in [6, 6.07) is 7.92. The van der Waals surface area contributed by atoms with Crippen molar-refractivity contribution >= 4 is 23.1 Å². The van der Waals surface area contributed by atoms with Gasteiger partial charge in [-0.25, -0.2) is 0 Å². The molecule has 1 amide bonds. The monoisotopic (exact) mass is 345 g/mol. The van der Waals surface area contributed by atoms with Crippen molar-refractivity contribution in [1.82, 2.24) is 4.90 Å². The first-order valence-corrected chi connectivity index (χ1v) is 9.45. The number of ether oxygens (including phenoxy) is 1. The molecule has 3 nitrogen and oxygen atoms in total. The number of hydrogen-bond donors (Lipinski definition) is 0. The quantitative estimate of drug-likeness (QED) is 0.780. The van der Waals surface area contributed by atoms with E-state index in [0.29, 0.717) is 5.91 Å². The van der Waals surface area contributed by atoms with Crippen LogP contribution in [0.5, 0.6) is 0 Å². The molecule has 0 aromatic heterocycles. The number of halogens is 1. The molecular formula is C20H24ClNO2. The van der Waals surface area contributed by atoms with Crippen molar-refractivity contribution in [3.05, 3.63) is 41.1 Å². The van der Waals surface area contributed by atoms with Gasteiger partial charge in [0.1, 0.15) is 5.60 Å². The maximum Gasteiger partial charge on any atom is 0.225 e. The summed E-state index contributed by atoms with van der Waals surface area (Å²) in [6.07, 6.45) is 9.36. The largest absolute Gasteiger partial charge is 0.492 e. The van der Waals surface area contributed by atoms with Crippen molar-refractivity contribution in [3.8, 4) is 0 Å². The molecule has 128 valence electrons. The van der Waals surface area contributed by atoms with Crippen LogP contribution in [-0.4, -0.2) is 29.5 Å². The summed E-state index contributed by atoms with van der Waals surface area (Å²) in [6.45, 7) is 1.62. The molecule has 0 bridgehead atoms. The zero-order valence-electron chi connectivity index (χ0n) is 14.0. The Balaban J connectivity index is 1.44. The van der Waals surface area contributed by atoms with Gasteiger partial charge < -0.3 is 9.64 Å². The van der Waals surface area contributed by atoms with Crippen molar-refractivity contribution in [2.24, 2.45) is 5.92 Å². The summed E-state index contributed by atoms with van der Waals surface area (Å²) in [5.41, 5.74) is 2.15. The fourth-order valence-corrected chi connectivity index (χ4v) is 4.54. The van der Waals surface area contributed by atoms with Gasteiger partial charge in [0, 0.05) is 23.9 Å². The van der Waals surface area contributed by atoms with E-state index >= 15 is 0 Å². The molecule has 24 heavy (non-hydrogen) atoms. The molecule has 0 radical (unpaired) electrons. The summed E-state index contributed by atoms with van der Waals surface area (Å²) in [7, 11) is 0. The first kappa shape index (κ1) is 16.0. The second kappa shape index (κ2) is 6.44. The van der Waals surface area contributed by atoms with E-state index in [4.69, 9.17) is 16.3 Å². The van der Waals surface area contributed by atoms with E-state index in [1.165, 1.54) is 18.4 Å². The molecule has 1 saturated carbocycles. The van der Waals surface area contributed by atoms with Crippen molar-refractivity contribution in [1.29, 1.82) is 0 Å². The van der Waals surface area contributed by atoms with Crippen LogP contribution < -0.4 is 0 Å². The van der Waals surface area contributed by atoms with E-state index in [1.807, 2.05) is 30.5 Å². The first-order valence-electron chi connectivity index (χ1n) is 9.07. The predicted octanol–water partition coefficient (Wildman–Crippen LogP) is 4.65. The minimum Gasteiger partial charge on any atom is -0.492 e. The zero-order chi connectivity index (χ0) is 16.6. The van der Waals surface area contributed by atoms with Crippen LogP contribution in [0.2, 0.25) is 5.02 Å². The lowest BCUT2D eigenvalue weighted by molar-refractivity contribution is -0.141. The highest BCUT2D eigenvalue weighted by Crippen LogP contribution is 2.41. The number of hydrogen-bond acceptors (Lipinski definition) is 2. The van der Waals surface area contributed by atoms with Gasteiger partial charge in [0.2, 0.25) is 5.91 Å². The lowest BCUT2D eigenvalue weighted by Gasteiger charge is -2.40. The molecule has 1 saturated heterocycles. The Hall–Kier alpha value is -1.48. The molecule has 2 aliphatic heterocycles. The molecule has 2 fully saturated rings. The fraction of sp³-hybridized carbons (Fsp3) is 0.550. The summed E-state index contributed by atoms with van der Waals surface area (Å²) < 4.78 is 6.13. The van der Waals surface area contributed by atoms with E-state index in [1.54, 1.807) is 0 Å². The normalized spacial score (nSPS) is 27.4. The highest BCUT2D eigenvalue weighted by Gasteiger charge is 2.43. The van der Waals surface area contributed by atoms with E-state index < -0.39 is 0 Å². The molecule has 0 N–H and O–H groups in total. The van der Waals surface area contributed by atoms with Gasteiger partial charge in [-0.15, -0.1) is 0 Å². The molecule has 4 rings (SSSR count). The predicted molar refractivity (Wildman–Crippen MR) is 95.6 cm³/mol. The molecule has 1 aromatic rings. The number of likely N-dealkylation sites (tertiary alicyclic amines) is 1. The lowest BCUT2D eigenvalue weighted by atomic mass is 9.86. The third-order valence-electron chi connectivity index (χ3n) is 5.73. The Morgan fingerprint density at radius 3 is 2.67 bits per heavy atom. The van der Waals surface area contributed by atoms with Gasteiger partial charge >= 0.3 is 0 Å². The smallest absolute Gasteiger partial charge is 0.225 e. The number of piperidine rings is 1. The Morgan fingerprint density at radius 2 is 1.92 bits per heavy atom. The van der Waals surface area contributed by atoms with Crippen LogP contribution in [-0.2, 0) is 9.53 Å². The third kappa shape index (κ3) is 3.06. The number of carbonyl (C=O) groups is 1. The number of rotatable bonds is 2. The van der Waals surface area contributed by atoms with Crippen LogP contribution in [0.1, 0.15) is 50.5 Å². The van der Waals surface area contributed by atoms with Crippen LogP contribution in [0.25, 0.3) is 5.57 Å². The number of benzene rings is 1. The van der Waals surface area contributed by atoms with Gasteiger partial charge in [0.25, 0.3) is 0 Å². The molecule has 1 unspecified atom stereocenters. The second-order valence-corrected chi connectivity index (χ2v) is 7.91. The summed E-state index contributed by atoms with van der Waals surface area (Å²) in [5, 5.41) is 0.749. The second-order valence-electron chi connectivity index (χ2n) is 7.47. The molecule has 3 aliphatic rings. The Morgan fingerprint density at radius 1 is 1.17 bits per heavy atom. The summed E-state index contributed by atoms with van der Waals surface area (Å²) >= 11 is 5.98. The summed E-state index contributed by atoms with van der Waals surface area (Å²) in [5.74, 6) is 0.611. The van der Waals surface area contributed by atoms with E-state index in [0.717, 1.165) is 55.8 Å². The molecule has 1 atom stereocenters. The average Bonchev–Trinajstić information content (AvgIpc) is 3.26. The third-order valence-corrected chi connectivity index (χ3v) is 5.99. The average molecular weight is 346 g/mol. The maximum atomic E-state index is 12.8. The molecule has 1 aliphatic carbocycles.